The van der Waals surface area contributed by atoms with Crippen LogP contribution in [0.25, 0.3) is 5.65 Å². The number of pyridine rings is 1. The molecule has 3 aromatic rings. The molecule has 1 aliphatic rings. The molecule has 24 heavy (non-hydrogen) atoms. The minimum atomic E-state index is 0.0554. The van der Waals surface area contributed by atoms with Crippen LogP contribution >= 0.6 is 22.9 Å². The van der Waals surface area contributed by atoms with E-state index in [2.05, 4.69) is 15.1 Å². The Morgan fingerprint density at radius 3 is 2.83 bits per heavy atom. The molecule has 3 aromatic heterocycles. The second-order valence-corrected chi connectivity index (χ2v) is 7.38. The van der Waals surface area contributed by atoms with Crippen molar-refractivity contribution in [1.82, 2.24) is 19.5 Å². The van der Waals surface area contributed by atoms with Gasteiger partial charge in [-0.2, -0.15) is 0 Å². The van der Waals surface area contributed by atoms with Crippen molar-refractivity contribution in [3.8, 4) is 0 Å². The van der Waals surface area contributed by atoms with E-state index in [-0.39, 0.29) is 5.91 Å². The third kappa shape index (κ3) is 2.85. The fourth-order valence-corrected chi connectivity index (χ4v) is 3.96. The molecule has 0 aromatic carbocycles. The maximum absolute atomic E-state index is 12.6. The van der Waals surface area contributed by atoms with Crippen LogP contribution in [0.15, 0.2) is 36.5 Å². The van der Waals surface area contributed by atoms with Crippen molar-refractivity contribution in [3.05, 3.63) is 45.7 Å². The van der Waals surface area contributed by atoms with E-state index in [4.69, 9.17) is 11.6 Å². The first kappa shape index (κ1) is 15.4. The van der Waals surface area contributed by atoms with Crippen molar-refractivity contribution in [3.63, 3.8) is 0 Å². The maximum atomic E-state index is 12.6. The number of carbonyl (C=O) groups excluding carboxylic acids is 1. The van der Waals surface area contributed by atoms with E-state index < -0.39 is 0 Å². The number of carbonyl (C=O) groups is 1. The highest BCUT2D eigenvalue weighted by atomic mass is 35.5. The summed E-state index contributed by atoms with van der Waals surface area (Å²) in [6, 6.07) is 9.41. The zero-order chi connectivity index (χ0) is 16.5. The summed E-state index contributed by atoms with van der Waals surface area (Å²) in [7, 11) is 0. The molecule has 1 saturated heterocycles. The summed E-state index contributed by atoms with van der Waals surface area (Å²) in [5.41, 5.74) is 0.831. The molecule has 0 spiro atoms. The Balaban J connectivity index is 1.51. The number of anilines is 1. The molecule has 4 rings (SSSR count). The molecule has 124 valence electrons. The molecule has 0 unspecified atom stereocenters. The summed E-state index contributed by atoms with van der Waals surface area (Å²) in [5, 5.41) is 8.52. The number of halogens is 1. The van der Waals surface area contributed by atoms with Gasteiger partial charge < -0.3 is 9.80 Å². The first-order chi connectivity index (χ1) is 11.7. The Morgan fingerprint density at radius 1 is 1.08 bits per heavy atom. The summed E-state index contributed by atoms with van der Waals surface area (Å²) in [4.78, 5) is 17.4. The lowest BCUT2D eigenvalue weighted by molar-refractivity contribution is 0.0772. The number of rotatable bonds is 2. The van der Waals surface area contributed by atoms with Gasteiger partial charge in [0.1, 0.15) is 0 Å². The molecular formula is C16H16ClN5OS. The van der Waals surface area contributed by atoms with Crippen LogP contribution in [0.5, 0.6) is 0 Å². The van der Waals surface area contributed by atoms with E-state index in [0.717, 1.165) is 37.7 Å². The molecule has 1 amide bonds. The Labute approximate surface area is 148 Å². The Hall–Kier alpha value is -2.12. The molecule has 8 heteroatoms. The van der Waals surface area contributed by atoms with E-state index in [9.17, 15) is 4.79 Å². The third-order valence-corrected chi connectivity index (χ3v) is 5.36. The molecule has 0 N–H and O–H groups in total. The van der Waals surface area contributed by atoms with Gasteiger partial charge in [0, 0.05) is 32.4 Å². The van der Waals surface area contributed by atoms with Gasteiger partial charge >= 0.3 is 0 Å². The average Bonchev–Trinajstić information content (AvgIpc) is 3.14. The highest BCUT2D eigenvalue weighted by Crippen LogP contribution is 2.23. The van der Waals surface area contributed by atoms with Crippen LogP contribution in [0, 0.1) is 0 Å². The van der Waals surface area contributed by atoms with Crippen molar-refractivity contribution in [2.75, 3.05) is 31.1 Å². The van der Waals surface area contributed by atoms with Crippen LogP contribution in [0.1, 0.15) is 16.1 Å². The number of hydrogen-bond acceptors (Lipinski definition) is 5. The minimum Gasteiger partial charge on any atom is -0.339 e. The fraction of sp³-hybridized carbons (Fsp3) is 0.312. The number of thiophene rings is 1. The number of fused-ring (bicyclic) bond motifs is 1. The largest absolute Gasteiger partial charge is 0.339 e. The Morgan fingerprint density at radius 2 is 2.00 bits per heavy atom. The zero-order valence-electron chi connectivity index (χ0n) is 12.9. The number of hydrogen-bond donors (Lipinski definition) is 0. The van der Waals surface area contributed by atoms with E-state index in [1.54, 1.807) is 12.1 Å². The van der Waals surface area contributed by atoms with Gasteiger partial charge in [-0.25, -0.2) is 0 Å². The number of amides is 1. The van der Waals surface area contributed by atoms with Crippen LogP contribution in [0.4, 0.5) is 5.95 Å². The molecule has 0 saturated carbocycles. The van der Waals surface area contributed by atoms with Crippen LogP contribution in [0.3, 0.4) is 0 Å². The summed E-state index contributed by atoms with van der Waals surface area (Å²) in [6.07, 6.45) is 2.86. The smallest absolute Gasteiger partial charge is 0.264 e. The average molecular weight is 362 g/mol. The van der Waals surface area contributed by atoms with Gasteiger partial charge in [-0.05, 0) is 30.7 Å². The van der Waals surface area contributed by atoms with Crippen LogP contribution < -0.4 is 4.90 Å². The highest BCUT2D eigenvalue weighted by molar-refractivity contribution is 7.17. The Bertz CT molecular complexity index is 876. The fourth-order valence-electron chi connectivity index (χ4n) is 2.95. The first-order valence-corrected chi connectivity index (χ1v) is 9.01. The van der Waals surface area contributed by atoms with E-state index in [0.29, 0.717) is 15.8 Å². The van der Waals surface area contributed by atoms with Crippen molar-refractivity contribution in [2.45, 2.75) is 6.42 Å². The maximum Gasteiger partial charge on any atom is 0.264 e. The topological polar surface area (TPSA) is 53.7 Å². The minimum absolute atomic E-state index is 0.0554. The van der Waals surface area contributed by atoms with Gasteiger partial charge in [0.15, 0.2) is 5.65 Å². The SMILES string of the molecule is O=C(c1ccc(Cl)s1)N1CCCN(c2nnc3ccccn23)CC1. The van der Waals surface area contributed by atoms with E-state index in [1.165, 1.54) is 11.3 Å². The molecule has 6 nitrogen and oxygen atoms in total. The molecule has 0 radical (unpaired) electrons. The lowest BCUT2D eigenvalue weighted by Crippen LogP contribution is -2.35. The monoisotopic (exact) mass is 361 g/mol. The van der Waals surface area contributed by atoms with Crippen molar-refractivity contribution < 1.29 is 4.79 Å². The first-order valence-electron chi connectivity index (χ1n) is 7.82. The van der Waals surface area contributed by atoms with Crippen molar-refractivity contribution >= 4 is 40.4 Å². The van der Waals surface area contributed by atoms with Crippen LogP contribution in [0.2, 0.25) is 4.34 Å². The molecule has 4 heterocycles. The Kier molecular flexibility index (Phi) is 4.12. The van der Waals surface area contributed by atoms with Crippen molar-refractivity contribution in [1.29, 1.82) is 0 Å². The lowest BCUT2D eigenvalue weighted by Gasteiger charge is -2.21. The zero-order valence-corrected chi connectivity index (χ0v) is 14.5. The third-order valence-electron chi connectivity index (χ3n) is 4.15. The molecule has 0 bridgehead atoms. The van der Waals surface area contributed by atoms with Crippen LogP contribution in [-0.2, 0) is 0 Å². The normalized spacial score (nSPS) is 15.7. The van der Waals surface area contributed by atoms with Crippen molar-refractivity contribution in [2.24, 2.45) is 0 Å². The quantitative estimate of drug-likeness (QED) is 0.704. The predicted octanol–water partition coefficient (Wildman–Crippen LogP) is 2.80. The van der Waals surface area contributed by atoms with Gasteiger partial charge in [-0.15, -0.1) is 21.5 Å². The van der Waals surface area contributed by atoms with Crippen LogP contribution in [-0.4, -0.2) is 51.6 Å². The predicted molar refractivity (Wildman–Crippen MR) is 95.0 cm³/mol. The van der Waals surface area contributed by atoms with Gasteiger partial charge in [-0.1, -0.05) is 17.7 Å². The second kappa shape index (κ2) is 6.41. The summed E-state index contributed by atoms with van der Waals surface area (Å²) < 4.78 is 2.63. The van der Waals surface area contributed by atoms with Gasteiger partial charge in [0.2, 0.25) is 5.95 Å². The summed E-state index contributed by atoms with van der Waals surface area (Å²) in [6.45, 7) is 2.99. The molecule has 1 aliphatic heterocycles. The van der Waals surface area contributed by atoms with Gasteiger partial charge in [-0.3, -0.25) is 9.20 Å². The molecule has 0 atom stereocenters. The number of nitrogens with zero attached hydrogens (tertiary/aromatic N) is 5. The lowest BCUT2D eigenvalue weighted by atomic mass is 10.3. The second-order valence-electron chi connectivity index (χ2n) is 5.67. The van der Waals surface area contributed by atoms with Gasteiger partial charge in [0.05, 0.1) is 9.21 Å². The standard InChI is InChI=1S/C16H16ClN5OS/c17-13-6-5-12(24-13)15(23)20-7-3-8-21(11-10-20)16-19-18-14-4-1-2-9-22(14)16/h1-2,4-6,9H,3,7-8,10-11H2. The molecular weight excluding hydrogens is 346 g/mol. The number of aromatic nitrogens is 3. The molecule has 0 aliphatic carbocycles. The van der Waals surface area contributed by atoms with E-state index in [1.807, 2.05) is 33.7 Å². The molecule has 1 fully saturated rings. The van der Waals surface area contributed by atoms with E-state index >= 15 is 0 Å². The van der Waals surface area contributed by atoms with Gasteiger partial charge in [0.25, 0.3) is 5.91 Å². The highest BCUT2D eigenvalue weighted by Gasteiger charge is 2.23. The summed E-state index contributed by atoms with van der Waals surface area (Å²) >= 11 is 7.27. The summed E-state index contributed by atoms with van der Waals surface area (Å²) in [5.74, 6) is 0.888.